The van der Waals surface area contributed by atoms with Gasteiger partial charge >= 0.3 is 0 Å². The topological polar surface area (TPSA) is 100 Å². The van der Waals surface area contributed by atoms with Gasteiger partial charge in [-0.15, -0.1) is 0 Å². The second-order valence-corrected chi connectivity index (χ2v) is 9.73. The van der Waals surface area contributed by atoms with Crippen LogP contribution in [-0.4, -0.2) is 50.1 Å². The highest BCUT2D eigenvalue weighted by Crippen LogP contribution is 2.33. The minimum Gasteiger partial charge on any atom is -0.488 e. The highest BCUT2D eigenvalue weighted by molar-refractivity contribution is 6.24. The van der Waals surface area contributed by atoms with Gasteiger partial charge in [0.25, 0.3) is 11.8 Å². The SMILES string of the molecule is O=C1CCCC(=O)N1N1C(=O)c2cccc(OCc3ccc(CN4CCc5ncccc5C4)cc3)c2C1=O. The van der Waals surface area contributed by atoms with Crippen LogP contribution < -0.4 is 4.74 Å². The summed E-state index contributed by atoms with van der Waals surface area (Å²) in [6.45, 7) is 2.88. The number of aromatic nitrogens is 1. The van der Waals surface area contributed by atoms with Gasteiger partial charge in [0.15, 0.2) is 0 Å². The van der Waals surface area contributed by atoms with Gasteiger partial charge in [-0.1, -0.05) is 36.4 Å². The molecule has 192 valence electrons. The van der Waals surface area contributed by atoms with E-state index in [1.54, 1.807) is 12.1 Å². The predicted octanol–water partition coefficient (Wildman–Crippen LogP) is 3.27. The Hall–Kier alpha value is -4.37. The Balaban J connectivity index is 1.12. The molecule has 9 nitrogen and oxygen atoms in total. The molecule has 0 unspecified atom stereocenters. The molecule has 0 bridgehead atoms. The van der Waals surface area contributed by atoms with Crippen LogP contribution in [0.3, 0.4) is 0 Å². The van der Waals surface area contributed by atoms with Crippen molar-refractivity contribution in [3.05, 3.63) is 94.3 Å². The second-order valence-electron chi connectivity index (χ2n) is 9.73. The Bertz CT molecular complexity index is 1440. The Morgan fingerprint density at radius 1 is 0.789 bits per heavy atom. The zero-order valence-electron chi connectivity index (χ0n) is 20.8. The Kier molecular flexibility index (Phi) is 6.21. The molecule has 0 atom stereocenters. The highest BCUT2D eigenvalue weighted by atomic mass is 16.5. The number of nitrogens with zero attached hydrogens (tertiary/aromatic N) is 4. The first-order chi connectivity index (χ1) is 18.5. The van der Waals surface area contributed by atoms with Gasteiger partial charge in [-0.05, 0) is 41.3 Å². The molecule has 0 aliphatic carbocycles. The highest BCUT2D eigenvalue weighted by Gasteiger charge is 2.46. The first-order valence-corrected chi connectivity index (χ1v) is 12.7. The first-order valence-electron chi connectivity index (χ1n) is 12.7. The lowest BCUT2D eigenvalue weighted by molar-refractivity contribution is -0.160. The van der Waals surface area contributed by atoms with Crippen molar-refractivity contribution >= 4 is 23.6 Å². The van der Waals surface area contributed by atoms with Crippen LogP contribution in [0.15, 0.2) is 60.8 Å². The maximum absolute atomic E-state index is 13.2. The zero-order chi connectivity index (χ0) is 26.2. The lowest BCUT2D eigenvalue weighted by Gasteiger charge is -2.30. The number of carbonyl (C=O) groups is 4. The summed E-state index contributed by atoms with van der Waals surface area (Å²) in [4.78, 5) is 57.8. The van der Waals surface area contributed by atoms with Crippen LogP contribution in [0.1, 0.15) is 62.4 Å². The van der Waals surface area contributed by atoms with Crippen molar-refractivity contribution in [2.24, 2.45) is 0 Å². The predicted molar refractivity (Wildman–Crippen MR) is 135 cm³/mol. The van der Waals surface area contributed by atoms with Crippen LogP contribution in [0, 0.1) is 0 Å². The molecular weight excluding hydrogens is 484 g/mol. The Morgan fingerprint density at radius 3 is 2.34 bits per heavy atom. The monoisotopic (exact) mass is 510 g/mol. The number of pyridine rings is 1. The van der Waals surface area contributed by atoms with Crippen LogP contribution in [0.5, 0.6) is 5.75 Å². The summed E-state index contributed by atoms with van der Waals surface area (Å²) in [6, 6.07) is 17.0. The van der Waals surface area contributed by atoms with E-state index in [1.165, 1.54) is 22.9 Å². The molecule has 1 saturated heterocycles. The van der Waals surface area contributed by atoms with Gasteiger partial charge in [0.05, 0.1) is 11.1 Å². The third-order valence-electron chi connectivity index (χ3n) is 7.18. The Morgan fingerprint density at radius 2 is 1.55 bits per heavy atom. The van der Waals surface area contributed by atoms with Crippen LogP contribution in [0.25, 0.3) is 0 Å². The molecule has 1 fully saturated rings. The summed E-state index contributed by atoms with van der Waals surface area (Å²) in [5.74, 6) is -2.28. The van der Waals surface area contributed by atoms with Crippen molar-refractivity contribution < 1.29 is 23.9 Å². The third-order valence-corrected chi connectivity index (χ3v) is 7.18. The fraction of sp³-hybridized carbons (Fsp3) is 0.276. The van der Waals surface area contributed by atoms with Crippen molar-refractivity contribution in [3.63, 3.8) is 0 Å². The van der Waals surface area contributed by atoms with Crippen molar-refractivity contribution in [2.75, 3.05) is 6.54 Å². The minimum atomic E-state index is -0.724. The number of imide groups is 2. The second kappa shape index (κ2) is 9.83. The van der Waals surface area contributed by atoms with Gasteiger partial charge in [0.2, 0.25) is 11.8 Å². The van der Waals surface area contributed by atoms with E-state index in [9.17, 15) is 19.2 Å². The van der Waals surface area contributed by atoms with Gasteiger partial charge in [-0.3, -0.25) is 29.1 Å². The summed E-state index contributed by atoms with van der Waals surface area (Å²) in [5, 5.41) is 1.35. The largest absolute Gasteiger partial charge is 0.488 e. The van der Waals surface area contributed by atoms with Crippen molar-refractivity contribution in [1.29, 1.82) is 0 Å². The average molecular weight is 511 g/mol. The maximum Gasteiger partial charge on any atom is 0.284 e. The summed E-state index contributed by atoms with van der Waals surface area (Å²) in [7, 11) is 0. The smallest absolute Gasteiger partial charge is 0.284 e. The van der Waals surface area contributed by atoms with Crippen molar-refractivity contribution in [2.45, 2.75) is 45.4 Å². The number of fused-ring (bicyclic) bond motifs is 2. The molecule has 3 aromatic rings. The zero-order valence-corrected chi connectivity index (χ0v) is 20.8. The number of benzene rings is 2. The van der Waals surface area contributed by atoms with E-state index in [2.05, 4.69) is 28.1 Å². The number of hydrogen-bond donors (Lipinski definition) is 0. The molecule has 38 heavy (non-hydrogen) atoms. The van der Waals surface area contributed by atoms with Crippen LogP contribution in [-0.2, 0) is 35.7 Å². The van der Waals surface area contributed by atoms with Gasteiger partial charge in [0, 0.05) is 50.8 Å². The van der Waals surface area contributed by atoms with Crippen LogP contribution >= 0.6 is 0 Å². The summed E-state index contributed by atoms with van der Waals surface area (Å²) < 4.78 is 5.97. The summed E-state index contributed by atoms with van der Waals surface area (Å²) in [5.41, 5.74) is 4.75. The number of rotatable bonds is 6. The van der Waals surface area contributed by atoms with E-state index in [-0.39, 0.29) is 36.3 Å². The minimum absolute atomic E-state index is 0.0696. The normalized spacial score (nSPS) is 17.6. The number of carbonyl (C=O) groups excluding carboxylic acids is 4. The molecule has 3 aliphatic rings. The first kappa shape index (κ1) is 24.0. The van der Waals surface area contributed by atoms with E-state index in [0.29, 0.717) is 16.4 Å². The maximum atomic E-state index is 13.2. The van der Waals surface area contributed by atoms with E-state index in [4.69, 9.17) is 4.74 Å². The van der Waals surface area contributed by atoms with Gasteiger partial charge < -0.3 is 4.74 Å². The van der Waals surface area contributed by atoms with E-state index < -0.39 is 23.6 Å². The number of hydrazine groups is 1. The quantitative estimate of drug-likeness (QED) is 0.469. The Labute approximate surface area is 219 Å². The number of hydrogen-bond acceptors (Lipinski definition) is 7. The van der Waals surface area contributed by atoms with E-state index >= 15 is 0 Å². The molecule has 6 rings (SSSR count). The molecule has 0 spiro atoms. The summed E-state index contributed by atoms with van der Waals surface area (Å²) >= 11 is 0. The molecule has 2 aromatic carbocycles. The summed E-state index contributed by atoms with van der Waals surface area (Å²) in [6.07, 6.45) is 3.43. The molecule has 0 radical (unpaired) electrons. The molecule has 3 aliphatic heterocycles. The lowest BCUT2D eigenvalue weighted by atomic mass is 10.0. The van der Waals surface area contributed by atoms with Gasteiger partial charge in [0.1, 0.15) is 12.4 Å². The standard InChI is InChI=1S/C29H26N4O5/c34-25-7-2-8-26(35)32(25)33-28(36)22-5-1-6-24(27(22)29(33)37)38-18-20-11-9-19(10-12-20)16-31-15-13-23-21(17-31)4-3-14-30-23/h1,3-6,9-12,14H,2,7-8,13,15-18H2. The fourth-order valence-electron chi connectivity index (χ4n) is 5.23. The number of piperidine rings is 1. The molecule has 4 heterocycles. The van der Waals surface area contributed by atoms with Crippen molar-refractivity contribution in [3.8, 4) is 5.75 Å². The average Bonchev–Trinajstić information content (AvgIpc) is 3.18. The number of ether oxygens (including phenoxy) is 1. The molecule has 4 amide bonds. The van der Waals surface area contributed by atoms with Crippen LogP contribution in [0.2, 0.25) is 0 Å². The van der Waals surface area contributed by atoms with Gasteiger partial charge in [-0.2, -0.15) is 10.0 Å². The lowest BCUT2D eigenvalue weighted by Crippen LogP contribution is -2.54. The molecule has 9 heteroatoms. The molecular formula is C29H26N4O5. The van der Waals surface area contributed by atoms with Crippen molar-refractivity contribution in [1.82, 2.24) is 19.9 Å². The van der Waals surface area contributed by atoms with Gasteiger partial charge in [-0.25, -0.2) is 0 Å². The van der Waals surface area contributed by atoms with E-state index in [0.717, 1.165) is 31.6 Å². The van der Waals surface area contributed by atoms with E-state index in [1.807, 2.05) is 24.4 Å². The molecule has 0 N–H and O–H groups in total. The molecule has 1 aromatic heterocycles. The fourth-order valence-corrected chi connectivity index (χ4v) is 5.23. The molecule has 0 saturated carbocycles. The number of amides is 4. The van der Waals surface area contributed by atoms with Crippen LogP contribution in [0.4, 0.5) is 0 Å². The third kappa shape index (κ3) is 4.35.